The molecule has 14 aromatic rings. The smallest absolute Gasteiger partial charge is 0.00203 e. The lowest BCUT2D eigenvalue weighted by atomic mass is 9.89. The van der Waals surface area contributed by atoms with E-state index in [2.05, 4.69) is 206 Å². The summed E-state index contributed by atoms with van der Waals surface area (Å²) in [5, 5.41) is 29.9. The van der Waals surface area contributed by atoms with Gasteiger partial charge in [-0.1, -0.05) is 200 Å². The molecule has 0 spiro atoms. The van der Waals surface area contributed by atoms with E-state index in [0.29, 0.717) is 0 Å². The van der Waals surface area contributed by atoms with Gasteiger partial charge in [-0.25, -0.2) is 0 Å². The SMILES string of the molecule is c1cc2ccc3cccc4ccc(c1)c2c34.c1ccc2c(c1)c1cccc3ccc4cccc2c4c31.c1ccc2c(c1)cc1ccc3cccc4ccc2c1c34. The van der Waals surface area contributed by atoms with Crippen LogP contribution in [0.1, 0.15) is 0 Å². The van der Waals surface area contributed by atoms with Crippen molar-refractivity contribution in [2.75, 3.05) is 0 Å². The van der Waals surface area contributed by atoms with Crippen LogP contribution < -0.4 is 0 Å². The Labute approximate surface area is 323 Å². The van der Waals surface area contributed by atoms with E-state index < -0.39 is 0 Å². The summed E-state index contributed by atoms with van der Waals surface area (Å²) in [6, 6.07) is 74.8. The molecule has 14 rings (SSSR count). The number of hydrogen-bond donors (Lipinski definition) is 0. The first-order valence-electron chi connectivity index (χ1n) is 19.5. The van der Waals surface area contributed by atoms with Gasteiger partial charge in [-0.2, -0.15) is 0 Å². The van der Waals surface area contributed by atoms with Gasteiger partial charge in [0.25, 0.3) is 0 Å². The van der Waals surface area contributed by atoms with Gasteiger partial charge < -0.3 is 0 Å². The van der Waals surface area contributed by atoms with Gasteiger partial charge in [0.15, 0.2) is 0 Å². The van der Waals surface area contributed by atoms with Gasteiger partial charge in [-0.3, -0.25) is 0 Å². The highest BCUT2D eigenvalue weighted by Crippen LogP contribution is 2.41. The molecule has 0 heteroatoms. The second kappa shape index (κ2) is 12.1. The molecule has 0 saturated heterocycles. The number of hydrogen-bond acceptors (Lipinski definition) is 0. The van der Waals surface area contributed by atoms with Crippen LogP contribution in [0, 0.1) is 0 Å². The van der Waals surface area contributed by atoms with Gasteiger partial charge in [0.1, 0.15) is 0 Å². The molecule has 0 aliphatic carbocycles. The summed E-state index contributed by atoms with van der Waals surface area (Å²) >= 11 is 0. The summed E-state index contributed by atoms with van der Waals surface area (Å²) in [5.41, 5.74) is 0. The third-order valence-corrected chi connectivity index (χ3v) is 12.2. The molecule has 0 aromatic heterocycles. The molecule has 0 fully saturated rings. The van der Waals surface area contributed by atoms with Gasteiger partial charge in [0.2, 0.25) is 0 Å². The Morgan fingerprint density at radius 2 is 0.411 bits per heavy atom. The molecule has 0 unspecified atom stereocenters. The normalized spacial score (nSPS) is 11.9. The number of fused-ring (bicyclic) bond motifs is 5. The van der Waals surface area contributed by atoms with Crippen molar-refractivity contribution < 1.29 is 0 Å². The second-order valence-corrected chi connectivity index (χ2v) is 15.2. The third kappa shape index (κ3) is 4.60. The Kier molecular flexibility index (Phi) is 6.73. The summed E-state index contributed by atoms with van der Waals surface area (Å²) in [6.45, 7) is 0. The molecule has 0 bridgehead atoms. The maximum Gasteiger partial charge on any atom is -0.00203 e. The van der Waals surface area contributed by atoms with Crippen molar-refractivity contribution in [2.24, 2.45) is 0 Å². The van der Waals surface area contributed by atoms with E-state index >= 15 is 0 Å². The molecule has 0 amide bonds. The van der Waals surface area contributed by atoms with Crippen molar-refractivity contribution in [2.45, 2.75) is 0 Å². The fourth-order valence-electron chi connectivity index (χ4n) is 9.72. The highest BCUT2D eigenvalue weighted by Gasteiger charge is 2.13. The Balaban J connectivity index is 0.0000000932. The van der Waals surface area contributed by atoms with Crippen molar-refractivity contribution in [1.29, 1.82) is 0 Å². The topological polar surface area (TPSA) is 0 Å². The van der Waals surface area contributed by atoms with Crippen LogP contribution in [-0.4, -0.2) is 0 Å². The molecule has 0 N–H and O–H groups in total. The first-order valence-corrected chi connectivity index (χ1v) is 19.5. The second-order valence-electron chi connectivity index (χ2n) is 15.2. The minimum Gasteiger partial charge on any atom is -0.0616 e. The maximum absolute atomic E-state index is 2.31. The Morgan fingerprint density at radius 3 is 0.875 bits per heavy atom. The van der Waals surface area contributed by atoms with E-state index in [1.54, 1.807) is 0 Å². The van der Waals surface area contributed by atoms with Gasteiger partial charge in [0, 0.05) is 0 Å². The third-order valence-electron chi connectivity index (χ3n) is 12.2. The van der Waals surface area contributed by atoms with Crippen LogP contribution in [0.5, 0.6) is 0 Å². The highest BCUT2D eigenvalue weighted by molar-refractivity contribution is 6.34. The van der Waals surface area contributed by atoms with Crippen molar-refractivity contribution in [1.82, 2.24) is 0 Å². The molecule has 0 saturated carbocycles. The Hall–Kier alpha value is -7.28. The molecule has 0 aliphatic heterocycles. The molecule has 56 heavy (non-hydrogen) atoms. The maximum atomic E-state index is 2.31. The zero-order chi connectivity index (χ0) is 36.7. The van der Waals surface area contributed by atoms with Crippen LogP contribution in [0.15, 0.2) is 206 Å². The van der Waals surface area contributed by atoms with Crippen LogP contribution in [0.2, 0.25) is 0 Å². The van der Waals surface area contributed by atoms with Crippen LogP contribution >= 0.6 is 0 Å². The largest absolute Gasteiger partial charge is 0.0616 e. The fraction of sp³-hybridized carbons (Fsp3) is 0. The van der Waals surface area contributed by atoms with Crippen molar-refractivity contribution >= 4 is 118 Å². The van der Waals surface area contributed by atoms with Gasteiger partial charge in [-0.05, 0) is 125 Å². The summed E-state index contributed by atoms with van der Waals surface area (Å²) in [7, 11) is 0. The first kappa shape index (κ1) is 31.1. The van der Waals surface area contributed by atoms with Crippen LogP contribution in [0.25, 0.3) is 118 Å². The van der Waals surface area contributed by atoms with Crippen LogP contribution in [0.3, 0.4) is 0 Å². The average Bonchev–Trinajstić information content (AvgIpc) is 3.27. The molecule has 258 valence electrons. The first-order chi connectivity index (χ1) is 27.8. The van der Waals surface area contributed by atoms with E-state index in [9.17, 15) is 0 Å². The van der Waals surface area contributed by atoms with Crippen LogP contribution in [0.4, 0.5) is 0 Å². The van der Waals surface area contributed by atoms with Gasteiger partial charge in [0.05, 0.1) is 0 Å². The molecule has 0 nitrogen and oxygen atoms in total. The number of benzene rings is 14. The Bertz CT molecular complexity index is 3520. The van der Waals surface area contributed by atoms with Crippen molar-refractivity contribution in [3.8, 4) is 0 Å². The molecule has 0 atom stereocenters. The van der Waals surface area contributed by atoms with E-state index in [4.69, 9.17) is 0 Å². The molecule has 14 aromatic carbocycles. The van der Waals surface area contributed by atoms with E-state index in [-0.39, 0.29) is 0 Å². The zero-order valence-corrected chi connectivity index (χ0v) is 30.6. The Morgan fingerprint density at radius 1 is 0.143 bits per heavy atom. The standard InChI is InChI=1S/2C20H12.C16H10/c1-2-8-16-15(7-1)17-9-3-5-13-11-12-14-6-4-10-18(16)20(14)19(13)17;1-2-7-17-15(4-1)12-16-9-8-13-5-3-6-14-10-11-18(17)20(16)19(13)14;1-3-11-7-9-13-5-2-6-14-10-8-12(4-1)15(11)16(13)14/h2*1-12H;1-10H. The molecule has 0 aliphatic rings. The van der Waals surface area contributed by atoms with E-state index in [1.807, 2.05) is 0 Å². The predicted octanol–water partition coefficient (Wildman–Crippen LogP) is 16.1. The summed E-state index contributed by atoms with van der Waals surface area (Å²) in [6.07, 6.45) is 0. The number of rotatable bonds is 0. The predicted molar refractivity (Wildman–Crippen MR) is 245 cm³/mol. The summed E-state index contributed by atoms with van der Waals surface area (Å²) in [4.78, 5) is 0. The molecule has 0 radical (unpaired) electrons. The minimum absolute atomic E-state index is 1.32. The van der Waals surface area contributed by atoms with Gasteiger partial charge >= 0.3 is 0 Å². The molecular formula is C56H34. The monoisotopic (exact) mass is 706 g/mol. The molecular weight excluding hydrogens is 673 g/mol. The average molecular weight is 707 g/mol. The lowest BCUT2D eigenvalue weighted by molar-refractivity contribution is 1.78. The lowest BCUT2D eigenvalue weighted by Crippen LogP contribution is -1.86. The molecule has 0 heterocycles. The lowest BCUT2D eigenvalue weighted by Gasteiger charge is -2.14. The van der Waals surface area contributed by atoms with E-state index in [0.717, 1.165) is 0 Å². The summed E-state index contributed by atoms with van der Waals surface area (Å²) < 4.78 is 0. The minimum atomic E-state index is 1.32. The highest BCUT2D eigenvalue weighted by atomic mass is 14.2. The van der Waals surface area contributed by atoms with Crippen LogP contribution in [-0.2, 0) is 0 Å². The van der Waals surface area contributed by atoms with E-state index in [1.165, 1.54) is 118 Å². The van der Waals surface area contributed by atoms with Crippen molar-refractivity contribution in [3.05, 3.63) is 206 Å². The van der Waals surface area contributed by atoms with Crippen molar-refractivity contribution in [3.63, 3.8) is 0 Å². The zero-order valence-electron chi connectivity index (χ0n) is 30.6. The fourth-order valence-corrected chi connectivity index (χ4v) is 9.72. The van der Waals surface area contributed by atoms with Gasteiger partial charge in [-0.15, -0.1) is 0 Å². The quantitative estimate of drug-likeness (QED) is 0.109. The summed E-state index contributed by atoms with van der Waals surface area (Å²) in [5.74, 6) is 0.